The van der Waals surface area contributed by atoms with E-state index in [-0.39, 0.29) is 35.3 Å². The van der Waals surface area contributed by atoms with E-state index in [4.69, 9.17) is 4.74 Å². The van der Waals surface area contributed by atoms with E-state index in [9.17, 15) is 5.11 Å². The van der Waals surface area contributed by atoms with Gasteiger partial charge >= 0.3 is 29.6 Å². The van der Waals surface area contributed by atoms with Crippen LogP contribution in [0.15, 0.2) is 24.3 Å². The normalized spacial score (nSPS) is 9.69. The van der Waals surface area contributed by atoms with E-state index in [1.807, 2.05) is 25.1 Å². The van der Waals surface area contributed by atoms with Crippen molar-refractivity contribution in [3.8, 4) is 11.5 Å². The number of phenols is 1. The summed E-state index contributed by atoms with van der Waals surface area (Å²) in [5, 5.41) is 9.25. The van der Waals surface area contributed by atoms with Gasteiger partial charge in [0.2, 0.25) is 0 Å². The molecule has 1 rings (SSSR count). The second-order valence-corrected chi connectivity index (χ2v) is 2.43. The summed E-state index contributed by atoms with van der Waals surface area (Å²) < 4.78 is 4.95. The van der Waals surface area contributed by atoms with Crippen LogP contribution < -0.4 is 4.74 Å². The van der Waals surface area contributed by atoms with E-state index < -0.39 is 0 Å². The molecule has 2 nitrogen and oxygen atoms in total. The van der Waals surface area contributed by atoms with Crippen molar-refractivity contribution in [2.75, 3.05) is 7.11 Å². The molecule has 0 fully saturated rings. The zero-order chi connectivity index (χ0) is 8.97. The average molecular weight is 188 g/mol. The van der Waals surface area contributed by atoms with Crippen molar-refractivity contribution < 1.29 is 9.84 Å². The SMILES string of the molecule is C/C=C/c1ccc(O)c(OC)c1.[NaH]. The summed E-state index contributed by atoms with van der Waals surface area (Å²) in [6.45, 7) is 1.94. The van der Waals surface area contributed by atoms with Crippen LogP contribution in [0.4, 0.5) is 0 Å². The molecule has 1 N–H and O–H groups in total. The molecule has 0 aliphatic carbocycles. The molecule has 0 bridgehead atoms. The second kappa shape index (κ2) is 6.08. The van der Waals surface area contributed by atoms with Gasteiger partial charge in [0.05, 0.1) is 7.11 Å². The monoisotopic (exact) mass is 188 g/mol. The first-order chi connectivity index (χ1) is 5.77. The predicted molar refractivity (Wildman–Crippen MR) is 56.5 cm³/mol. The number of hydrogen-bond acceptors (Lipinski definition) is 2. The minimum absolute atomic E-state index is 0. The molecule has 1 aromatic carbocycles. The molecule has 66 valence electrons. The van der Waals surface area contributed by atoms with E-state index in [1.165, 1.54) is 7.11 Å². The average Bonchev–Trinajstić information content (AvgIpc) is 2.09. The summed E-state index contributed by atoms with van der Waals surface area (Å²) in [4.78, 5) is 0. The summed E-state index contributed by atoms with van der Waals surface area (Å²) in [6.07, 6.45) is 3.88. The van der Waals surface area contributed by atoms with Gasteiger partial charge < -0.3 is 9.84 Å². The van der Waals surface area contributed by atoms with Crippen LogP contribution >= 0.6 is 0 Å². The van der Waals surface area contributed by atoms with E-state index in [1.54, 1.807) is 12.1 Å². The Labute approximate surface area is 101 Å². The fourth-order valence-corrected chi connectivity index (χ4v) is 0.990. The van der Waals surface area contributed by atoms with E-state index in [0.29, 0.717) is 5.75 Å². The molecule has 0 radical (unpaired) electrons. The van der Waals surface area contributed by atoms with Gasteiger partial charge in [-0.05, 0) is 24.6 Å². The molecule has 13 heavy (non-hydrogen) atoms. The van der Waals surface area contributed by atoms with Crippen molar-refractivity contribution in [3.05, 3.63) is 29.8 Å². The Kier molecular flexibility index (Phi) is 5.88. The first-order valence-corrected chi connectivity index (χ1v) is 3.77. The molecular formula is C10H13NaO2. The van der Waals surface area contributed by atoms with Crippen LogP contribution in [0.1, 0.15) is 12.5 Å². The topological polar surface area (TPSA) is 29.5 Å². The van der Waals surface area contributed by atoms with Crippen molar-refractivity contribution in [2.45, 2.75) is 6.92 Å². The third-order valence-electron chi connectivity index (χ3n) is 1.56. The van der Waals surface area contributed by atoms with Crippen LogP contribution in [0.2, 0.25) is 0 Å². The van der Waals surface area contributed by atoms with Crippen molar-refractivity contribution >= 4 is 35.6 Å². The maximum absolute atomic E-state index is 9.25. The minimum atomic E-state index is 0. The Morgan fingerprint density at radius 1 is 1.38 bits per heavy atom. The van der Waals surface area contributed by atoms with E-state index in [0.717, 1.165) is 5.56 Å². The van der Waals surface area contributed by atoms with Gasteiger partial charge in [-0.25, -0.2) is 0 Å². The van der Waals surface area contributed by atoms with Crippen LogP contribution in [0, 0.1) is 0 Å². The number of benzene rings is 1. The molecule has 0 spiro atoms. The summed E-state index contributed by atoms with van der Waals surface area (Å²) in [6, 6.07) is 5.24. The van der Waals surface area contributed by atoms with Gasteiger partial charge in [-0.1, -0.05) is 18.2 Å². The molecule has 0 saturated carbocycles. The molecule has 0 aromatic heterocycles. The maximum atomic E-state index is 9.25. The van der Waals surface area contributed by atoms with Gasteiger partial charge in [-0.15, -0.1) is 0 Å². The van der Waals surface area contributed by atoms with Crippen molar-refractivity contribution in [2.24, 2.45) is 0 Å². The second-order valence-electron chi connectivity index (χ2n) is 2.43. The number of ether oxygens (including phenoxy) is 1. The fourth-order valence-electron chi connectivity index (χ4n) is 0.990. The van der Waals surface area contributed by atoms with Crippen LogP contribution in [0.3, 0.4) is 0 Å². The van der Waals surface area contributed by atoms with Gasteiger partial charge in [0.1, 0.15) is 0 Å². The number of aromatic hydroxyl groups is 1. The van der Waals surface area contributed by atoms with Crippen LogP contribution in [-0.4, -0.2) is 41.8 Å². The quantitative estimate of drug-likeness (QED) is 0.717. The van der Waals surface area contributed by atoms with Crippen LogP contribution in [0.25, 0.3) is 6.08 Å². The Balaban J connectivity index is 0.00000144. The number of methoxy groups -OCH3 is 1. The van der Waals surface area contributed by atoms with Gasteiger partial charge in [0.15, 0.2) is 11.5 Å². The zero-order valence-corrected chi connectivity index (χ0v) is 7.24. The first-order valence-electron chi connectivity index (χ1n) is 3.77. The van der Waals surface area contributed by atoms with Gasteiger partial charge in [0.25, 0.3) is 0 Å². The van der Waals surface area contributed by atoms with E-state index in [2.05, 4.69) is 0 Å². The van der Waals surface area contributed by atoms with Gasteiger partial charge in [-0.2, -0.15) is 0 Å². The summed E-state index contributed by atoms with van der Waals surface area (Å²) in [5.41, 5.74) is 1.02. The van der Waals surface area contributed by atoms with Crippen molar-refractivity contribution in [3.63, 3.8) is 0 Å². The summed E-state index contributed by atoms with van der Waals surface area (Å²) in [5.74, 6) is 0.677. The molecule has 0 atom stereocenters. The molecule has 0 saturated heterocycles. The molecule has 3 heteroatoms. The van der Waals surface area contributed by atoms with Crippen molar-refractivity contribution in [1.29, 1.82) is 0 Å². The first kappa shape index (κ1) is 12.6. The van der Waals surface area contributed by atoms with Gasteiger partial charge in [-0.3, -0.25) is 0 Å². The standard InChI is InChI=1S/C10H12O2.Na.H/c1-3-4-8-5-6-9(11)10(7-8)12-2;;/h3-7,11H,1-2H3;;/b4-3+;;. The predicted octanol–water partition coefficient (Wildman–Crippen LogP) is 1.79. The Bertz CT molecular complexity index is 295. The summed E-state index contributed by atoms with van der Waals surface area (Å²) in [7, 11) is 1.54. The van der Waals surface area contributed by atoms with Crippen molar-refractivity contribution in [1.82, 2.24) is 0 Å². The molecule has 0 amide bonds. The van der Waals surface area contributed by atoms with Gasteiger partial charge in [0, 0.05) is 0 Å². The summed E-state index contributed by atoms with van der Waals surface area (Å²) >= 11 is 0. The number of hydrogen-bond donors (Lipinski definition) is 1. The third kappa shape index (κ3) is 3.43. The molecule has 0 aliphatic rings. The fraction of sp³-hybridized carbons (Fsp3) is 0.200. The Hall–Kier alpha value is -0.440. The molecule has 0 aliphatic heterocycles. The Morgan fingerprint density at radius 3 is 2.62 bits per heavy atom. The molecule has 0 heterocycles. The van der Waals surface area contributed by atoms with Crippen LogP contribution in [-0.2, 0) is 0 Å². The van der Waals surface area contributed by atoms with E-state index >= 15 is 0 Å². The number of phenolic OH excluding ortho intramolecular Hbond substituents is 1. The Morgan fingerprint density at radius 2 is 2.08 bits per heavy atom. The molecule has 1 aromatic rings. The molecule has 0 unspecified atom stereocenters. The number of allylic oxidation sites excluding steroid dienone is 1. The molecular weight excluding hydrogens is 175 g/mol. The van der Waals surface area contributed by atoms with Crippen LogP contribution in [0.5, 0.6) is 11.5 Å². The zero-order valence-electron chi connectivity index (χ0n) is 7.24. The third-order valence-corrected chi connectivity index (χ3v) is 1.56. The number of rotatable bonds is 2.